The number of unbranched alkanes of at least 4 members (excludes halogenated alkanes) is 1. The van der Waals surface area contributed by atoms with Crippen LogP contribution in [0.4, 0.5) is 0 Å². The summed E-state index contributed by atoms with van der Waals surface area (Å²) < 4.78 is 5.44. The van der Waals surface area contributed by atoms with Crippen LogP contribution >= 0.6 is 36.9 Å². The van der Waals surface area contributed by atoms with Gasteiger partial charge in [0.25, 0.3) is 0 Å². The minimum absolute atomic E-state index is 0.861. The summed E-state index contributed by atoms with van der Waals surface area (Å²) in [6.45, 7) is 3.01. The Bertz CT molecular complexity index is 72.7. The molecule has 5 heteroatoms. The van der Waals surface area contributed by atoms with Crippen molar-refractivity contribution in [1.82, 2.24) is 0 Å². The standard InChI is InChI=1S/C4H9O.3BrH.Hf/c1-2-3-4-5;;;;/h2-4H2,1H3;3*1H;/q-1;;;;+4/p-3. The van der Waals surface area contributed by atoms with Gasteiger partial charge >= 0.3 is 79.5 Å². The van der Waals surface area contributed by atoms with Gasteiger partial charge in [0.2, 0.25) is 0 Å². The Hall–Kier alpha value is 2.27. The third kappa shape index (κ3) is 10.3. The molecule has 56 valence electrons. The second kappa shape index (κ2) is 5.86. The van der Waals surface area contributed by atoms with Gasteiger partial charge in [-0.2, -0.15) is 0 Å². The van der Waals surface area contributed by atoms with Crippen LogP contribution in [-0.2, 0) is 16.3 Å². The second-order valence-corrected chi connectivity index (χ2v) is 59.4. The Morgan fingerprint density at radius 3 is 2.22 bits per heavy atom. The average Bonchev–Trinajstić information content (AvgIpc) is 1.63. The third-order valence-corrected chi connectivity index (χ3v) is 8.29. The van der Waals surface area contributed by atoms with E-state index in [2.05, 4.69) is 43.8 Å². The fraction of sp³-hybridized carbons (Fsp3) is 1.00. The first-order chi connectivity index (χ1) is 4.06. The molecule has 0 aromatic heterocycles. The molecular formula is C4H9Br3HfO. The molecule has 0 saturated heterocycles. The molecule has 0 heterocycles. The fourth-order valence-electron chi connectivity index (χ4n) is 0.332. The number of rotatable bonds is 4. The van der Waals surface area contributed by atoms with Crippen molar-refractivity contribution in [3.63, 3.8) is 0 Å². The van der Waals surface area contributed by atoms with Crippen molar-refractivity contribution in [2.75, 3.05) is 6.61 Å². The van der Waals surface area contributed by atoms with E-state index < -0.39 is 13.4 Å². The Morgan fingerprint density at radius 2 is 1.89 bits per heavy atom. The SMILES string of the molecule is CCCC[O][Hf]([Br])([Br])[Br]. The van der Waals surface area contributed by atoms with Crippen LogP contribution in [0.3, 0.4) is 0 Å². The van der Waals surface area contributed by atoms with Gasteiger partial charge in [-0.1, -0.05) is 0 Å². The van der Waals surface area contributed by atoms with Crippen LogP contribution in [0, 0.1) is 0 Å². The van der Waals surface area contributed by atoms with Gasteiger partial charge in [0.15, 0.2) is 0 Å². The monoisotopic (exact) mass is 490 g/mol. The first-order valence-electron chi connectivity index (χ1n) is 2.77. The molecule has 0 bridgehead atoms. The van der Waals surface area contributed by atoms with Crippen molar-refractivity contribution in [3.05, 3.63) is 0 Å². The molecule has 0 aromatic rings. The van der Waals surface area contributed by atoms with Gasteiger partial charge < -0.3 is 0 Å². The van der Waals surface area contributed by atoms with Crippen molar-refractivity contribution in [2.45, 2.75) is 19.8 Å². The van der Waals surface area contributed by atoms with Crippen molar-refractivity contribution in [3.8, 4) is 0 Å². The van der Waals surface area contributed by atoms with E-state index in [1.54, 1.807) is 0 Å². The van der Waals surface area contributed by atoms with Crippen LogP contribution in [0.25, 0.3) is 0 Å². The van der Waals surface area contributed by atoms with E-state index >= 15 is 0 Å². The molecule has 0 saturated carbocycles. The minimum atomic E-state index is -2.50. The Morgan fingerprint density at radius 1 is 1.33 bits per heavy atom. The normalized spacial score (nSPS) is 12.0. The zero-order chi connectivity index (χ0) is 7.33. The van der Waals surface area contributed by atoms with Crippen LogP contribution in [0.1, 0.15) is 19.8 Å². The fourth-order valence-corrected chi connectivity index (χ4v) is 5.66. The Kier molecular flexibility index (Phi) is 7.34. The molecule has 0 unspecified atom stereocenters. The van der Waals surface area contributed by atoms with Crippen LogP contribution in [0.5, 0.6) is 0 Å². The van der Waals surface area contributed by atoms with Crippen molar-refractivity contribution in [1.29, 1.82) is 0 Å². The zero-order valence-electron chi connectivity index (χ0n) is 5.16. The molecule has 0 radical (unpaired) electrons. The van der Waals surface area contributed by atoms with E-state index in [1.807, 2.05) is 0 Å². The molecule has 0 aliphatic carbocycles. The predicted octanol–water partition coefficient (Wildman–Crippen LogP) is 3.80. The molecule has 0 N–H and O–H groups in total. The summed E-state index contributed by atoms with van der Waals surface area (Å²) >= 11 is 7.82. The topological polar surface area (TPSA) is 9.23 Å². The van der Waals surface area contributed by atoms with Gasteiger partial charge in [-0.15, -0.1) is 0 Å². The third-order valence-electron chi connectivity index (χ3n) is 0.764. The van der Waals surface area contributed by atoms with E-state index in [0.717, 1.165) is 13.0 Å². The molecular weight excluding hydrogens is 482 g/mol. The molecule has 0 aliphatic rings. The first-order valence-corrected chi connectivity index (χ1v) is 27.8. The molecule has 0 aromatic carbocycles. The molecule has 0 spiro atoms. The van der Waals surface area contributed by atoms with E-state index in [1.165, 1.54) is 6.42 Å². The summed E-state index contributed by atoms with van der Waals surface area (Å²) in [5.74, 6) is 0. The quantitative estimate of drug-likeness (QED) is 0.430. The molecule has 0 amide bonds. The van der Waals surface area contributed by atoms with Gasteiger partial charge in [-0.3, -0.25) is 0 Å². The van der Waals surface area contributed by atoms with Gasteiger partial charge in [0.05, 0.1) is 0 Å². The molecule has 0 rings (SSSR count). The number of hydrogen-bond acceptors (Lipinski definition) is 1. The van der Waals surface area contributed by atoms with Crippen molar-refractivity contribution in [2.24, 2.45) is 0 Å². The number of halogens is 3. The summed E-state index contributed by atoms with van der Waals surface area (Å²) in [6, 6.07) is 0. The molecule has 0 atom stereocenters. The molecule has 0 aliphatic heterocycles. The molecule has 0 fully saturated rings. The van der Waals surface area contributed by atoms with E-state index in [-0.39, 0.29) is 0 Å². The van der Waals surface area contributed by atoms with Crippen LogP contribution in [-0.4, -0.2) is 6.61 Å². The Balaban J connectivity index is 3.07. The summed E-state index contributed by atoms with van der Waals surface area (Å²) in [7, 11) is 0. The van der Waals surface area contributed by atoms with Gasteiger partial charge in [0, 0.05) is 0 Å². The maximum atomic E-state index is 5.44. The second-order valence-electron chi connectivity index (χ2n) is 1.65. The molecule has 9 heavy (non-hydrogen) atoms. The van der Waals surface area contributed by atoms with Crippen LogP contribution < -0.4 is 0 Å². The van der Waals surface area contributed by atoms with E-state index in [9.17, 15) is 0 Å². The summed E-state index contributed by atoms with van der Waals surface area (Å²) in [6.07, 6.45) is 2.33. The van der Waals surface area contributed by atoms with Gasteiger partial charge in [0.1, 0.15) is 0 Å². The van der Waals surface area contributed by atoms with Crippen LogP contribution in [0.15, 0.2) is 0 Å². The van der Waals surface area contributed by atoms with E-state index in [0.29, 0.717) is 0 Å². The average molecular weight is 491 g/mol. The summed E-state index contributed by atoms with van der Waals surface area (Å²) in [5.41, 5.74) is 0. The van der Waals surface area contributed by atoms with Crippen molar-refractivity contribution >= 4 is 36.9 Å². The summed E-state index contributed by atoms with van der Waals surface area (Å²) in [4.78, 5) is 0. The molecule has 1 nitrogen and oxygen atoms in total. The first kappa shape index (κ1) is 11.3. The Labute approximate surface area is 78.3 Å². The van der Waals surface area contributed by atoms with E-state index in [4.69, 9.17) is 2.85 Å². The predicted molar refractivity (Wildman–Crippen MR) is 47.6 cm³/mol. The van der Waals surface area contributed by atoms with Crippen LogP contribution in [0.2, 0.25) is 0 Å². The van der Waals surface area contributed by atoms with Crippen molar-refractivity contribution < 1.29 is 16.3 Å². The maximum absolute atomic E-state index is 5.44. The van der Waals surface area contributed by atoms with Gasteiger partial charge in [-0.25, -0.2) is 0 Å². The zero-order valence-corrected chi connectivity index (χ0v) is 13.5. The van der Waals surface area contributed by atoms with Gasteiger partial charge in [-0.05, 0) is 0 Å². The number of hydrogen-bond donors (Lipinski definition) is 0. The summed E-state index contributed by atoms with van der Waals surface area (Å²) in [5, 5.41) is 0.